The van der Waals surface area contributed by atoms with Crippen LogP contribution in [0.25, 0.3) is 0 Å². The molecule has 5 nitrogen and oxygen atoms in total. The number of amides is 1. The van der Waals surface area contributed by atoms with Gasteiger partial charge in [-0.05, 0) is 25.7 Å². The third-order valence-electron chi connectivity index (χ3n) is 2.90. The molecular formula is C12H23NO4. The van der Waals surface area contributed by atoms with E-state index in [1.807, 2.05) is 0 Å². The van der Waals surface area contributed by atoms with E-state index in [2.05, 4.69) is 5.32 Å². The zero-order chi connectivity index (χ0) is 12.5. The number of hydrogen-bond acceptors (Lipinski definition) is 4. The Bertz CT molecular complexity index is 211. The number of carbonyl (C=O) groups is 1. The minimum Gasteiger partial charge on any atom is -0.396 e. The van der Waals surface area contributed by atoms with Crippen LogP contribution in [0.5, 0.6) is 0 Å². The van der Waals surface area contributed by atoms with Crippen LogP contribution < -0.4 is 5.32 Å². The third-order valence-corrected chi connectivity index (χ3v) is 2.90. The summed E-state index contributed by atoms with van der Waals surface area (Å²) in [6.45, 7) is 1.24. The number of nitrogens with one attached hydrogen (secondary N) is 1. The fraction of sp³-hybridized carbons (Fsp3) is 0.917. The molecule has 0 aromatic rings. The van der Waals surface area contributed by atoms with Crippen molar-refractivity contribution in [1.82, 2.24) is 5.32 Å². The summed E-state index contributed by atoms with van der Waals surface area (Å²) in [7, 11) is 1.58. The molecule has 1 rings (SSSR count). The maximum Gasteiger partial charge on any atom is 0.222 e. The molecule has 1 amide bonds. The number of methoxy groups -OCH3 is 1. The van der Waals surface area contributed by atoms with Crippen molar-refractivity contribution in [1.29, 1.82) is 0 Å². The molecule has 2 unspecified atom stereocenters. The summed E-state index contributed by atoms with van der Waals surface area (Å²) in [6.07, 6.45) is 4.17. The first-order valence-electron chi connectivity index (χ1n) is 6.27. The quantitative estimate of drug-likeness (QED) is 0.684. The van der Waals surface area contributed by atoms with E-state index in [4.69, 9.17) is 14.6 Å². The molecule has 17 heavy (non-hydrogen) atoms. The van der Waals surface area contributed by atoms with Crippen molar-refractivity contribution in [2.75, 3.05) is 26.9 Å². The standard InChI is InChI=1S/C12H23NO4/c1-16-9-10(5-6-14)13-12(15)8-11-4-2-3-7-17-11/h10-11,14H,2-9H2,1H3,(H,13,15). The Labute approximate surface area is 102 Å². The average molecular weight is 245 g/mol. The minimum absolute atomic E-state index is 0.0209. The molecule has 0 aliphatic carbocycles. The summed E-state index contributed by atoms with van der Waals surface area (Å²) in [6, 6.07) is -0.110. The van der Waals surface area contributed by atoms with E-state index in [0.29, 0.717) is 19.4 Å². The van der Waals surface area contributed by atoms with E-state index >= 15 is 0 Å². The second-order valence-corrected chi connectivity index (χ2v) is 4.42. The van der Waals surface area contributed by atoms with Crippen molar-refractivity contribution in [3.63, 3.8) is 0 Å². The Morgan fingerprint density at radius 1 is 1.59 bits per heavy atom. The lowest BCUT2D eigenvalue weighted by Crippen LogP contribution is -2.40. The van der Waals surface area contributed by atoms with Gasteiger partial charge in [-0.2, -0.15) is 0 Å². The van der Waals surface area contributed by atoms with Gasteiger partial charge in [0, 0.05) is 20.3 Å². The molecule has 0 aromatic carbocycles. The van der Waals surface area contributed by atoms with Gasteiger partial charge in [-0.1, -0.05) is 0 Å². The zero-order valence-corrected chi connectivity index (χ0v) is 10.5. The highest BCUT2D eigenvalue weighted by molar-refractivity contribution is 5.76. The number of carbonyl (C=O) groups excluding carboxylic acids is 1. The van der Waals surface area contributed by atoms with Crippen molar-refractivity contribution >= 4 is 5.91 Å². The molecule has 1 aliphatic rings. The van der Waals surface area contributed by atoms with Gasteiger partial charge in [-0.15, -0.1) is 0 Å². The molecule has 0 bridgehead atoms. The van der Waals surface area contributed by atoms with Crippen LogP contribution >= 0.6 is 0 Å². The van der Waals surface area contributed by atoms with Gasteiger partial charge in [0.15, 0.2) is 0 Å². The van der Waals surface area contributed by atoms with Crippen molar-refractivity contribution < 1.29 is 19.4 Å². The summed E-state index contributed by atoms with van der Waals surface area (Å²) in [4.78, 5) is 11.7. The summed E-state index contributed by atoms with van der Waals surface area (Å²) in [5.74, 6) is -0.0209. The summed E-state index contributed by atoms with van der Waals surface area (Å²) >= 11 is 0. The van der Waals surface area contributed by atoms with Crippen LogP contribution in [0.4, 0.5) is 0 Å². The van der Waals surface area contributed by atoms with Crippen molar-refractivity contribution in [2.24, 2.45) is 0 Å². The SMILES string of the molecule is COCC(CCO)NC(=O)CC1CCCCO1. The molecular weight excluding hydrogens is 222 g/mol. The number of aliphatic hydroxyl groups excluding tert-OH is 1. The van der Waals surface area contributed by atoms with Crippen LogP contribution in [0.15, 0.2) is 0 Å². The van der Waals surface area contributed by atoms with Crippen molar-refractivity contribution in [3.05, 3.63) is 0 Å². The highest BCUT2D eigenvalue weighted by atomic mass is 16.5. The topological polar surface area (TPSA) is 67.8 Å². The molecule has 1 saturated heterocycles. The van der Waals surface area contributed by atoms with E-state index in [9.17, 15) is 4.79 Å². The molecule has 0 aromatic heterocycles. The molecule has 5 heteroatoms. The largest absolute Gasteiger partial charge is 0.396 e. The summed E-state index contributed by atoms with van der Waals surface area (Å²) in [5, 5.41) is 11.7. The monoisotopic (exact) mass is 245 g/mol. The molecule has 100 valence electrons. The predicted molar refractivity (Wildman–Crippen MR) is 63.7 cm³/mol. The molecule has 0 saturated carbocycles. The second kappa shape index (κ2) is 8.44. The molecule has 2 N–H and O–H groups in total. The Morgan fingerprint density at radius 3 is 3.00 bits per heavy atom. The normalized spacial score (nSPS) is 22.1. The smallest absolute Gasteiger partial charge is 0.222 e. The van der Waals surface area contributed by atoms with Crippen LogP contribution in [-0.4, -0.2) is 50.1 Å². The van der Waals surface area contributed by atoms with E-state index in [1.165, 1.54) is 0 Å². The fourth-order valence-corrected chi connectivity index (χ4v) is 2.02. The fourth-order valence-electron chi connectivity index (χ4n) is 2.02. The Kier molecular flexibility index (Phi) is 7.16. The second-order valence-electron chi connectivity index (χ2n) is 4.42. The van der Waals surface area contributed by atoms with E-state index in [-0.39, 0.29) is 24.7 Å². The highest BCUT2D eigenvalue weighted by Crippen LogP contribution is 2.15. The Balaban J connectivity index is 2.25. The molecule has 0 spiro atoms. The molecule has 1 fully saturated rings. The average Bonchev–Trinajstić information content (AvgIpc) is 2.30. The minimum atomic E-state index is -0.110. The van der Waals surface area contributed by atoms with Gasteiger partial charge < -0.3 is 19.9 Å². The maximum absolute atomic E-state index is 11.7. The molecule has 1 heterocycles. The first kappa shape index (κ1) is 14.4. The Hall–Kier alpha value is -0.650. The lowest BCUT2D eigenvalue weighted by atomic mass is 10.1. The molecule has 1 aliphatic heterocycles. The first-order valence-corrected chi connectivity index (χ1v) is 6.27. The molecule has 2 atom stereocenters. The van der Waals surface area contributed by atoms with Gasteiger partial charge >= 0.3 is 0 Å². The summed E-state index contributed by atoms with van der Waals surface area (Å²) in [5.41, 5.74) is 0. The van der Waals surface area contributed by atoms with E-state index < -0.39 is 0 Å². The first-order chi connectivity index (χ1) is 8.26. The van der Waals surface area contributed by atoms with Crippen LogP contribution in [0.1, 0.15) is 32.1 Å². The summed E-state index contributed by atoms with van der Waals surface area (Å²) < 4.78 is 10.5. The van der Waals surface area contributed by atoms with Crippen molar-refractivity contribution in [3.8, 4) is 0 Å². The van der Waals surface area contributed by atoms with Gasteiger partial charge in [0.1, 0.15) is 0 Å². The predicted octanol–water partition coefficient (Wildman–Crippen LogP) is 0.459. The third kappa shape index (κ3) is 6.00. The lowest BCUT2D eigenvalue weighted by Gasteiger charge is -2.23. The van der Waals surface area contributed by atoms with Gasteiger partial charge in [-0.25, -0.2) is 0 Å². The van der Waals surface area contributed by atoms with E-state index in [0.717, 1.165) is 25.9 Å². The number of ether oxygens (including phenoxy) is 2. The van der Waals surface area contributed by atoms with Gasteiger partial charge in [0.05, 0.1) is 25.2 Å². The molecule has 0 radical (unpaired) electrons. The number of hydrogen-bond donors (Lipinski definition) is 2. The zero-order valence-electron chi connectivity index (χ0n) is 10.5. The number of rotatable bonds is 7. The number of aliphatic hydroxyl groups is 1. The maximum atomic E-state index is 11.7. The van der Waals surface area contributed by atoms with E-state index in [1.54, 1.807) is 7.11 Å². The van der Waals surface area contributed by atoms with Gasteiger partial charge in [0.2, 0.25) is 5.91 Å². The lowest BCUT2D eigenvalue weighted by molar-refractivity contribution is -0.126. The van der Waals surface area contributed by atoms with Crippen LogP contribution in [0.2, 0.25) is 0 Å². The van der Waals surface area contributed by atoms with Crippen LogP contribution in [0, 0.1) is 0 Å². The Morgan fingerprint density at radius 2 is 2.41 bits per heavy atom. The highest BCUT2D eigenvalue weighted by Gasteiger charge is 2.19. The van der Waals surface area contributed by atoms with Gasteiger partial charge in [0.25, 0.3) is 0 Å². The van der Waals surface area contributed by atoms with Crippen molar-refractivity contribution in [2.45, 2.75) is 44.2 Å². The van der Waals surface area contributed by atoms with Crippen LogP contribution in [0.3, 0.4) is 0 Å². The van der Waals surface area contributed by atoms with Gasteiger partial charge in [-0.3, -0.25) is 4.79 Å². The van der Waals surface area contributed by atoms with Crippen LogP contribution in [-0.2, 0) is 14.3 Å².